The minimum Gasteiger partial charge on any atom is -0.311 e. The summed E-state index contributed by atoms with van der Waals surface area (Å²) in [5.41, 5.74) is 1.23. The molecule has 1 fully saturated rings. The molecule has 2 heterocycles. The summed E-state index contributed by atoms with van der Waals surface area (Å²) in [7, 11) is 0. The Morgan fingerprint density at radius 1 is 1.56 bits per heavy atom. The molecule has 0 aliphatic carbocycles. The molecule has 4 heteroatoms. The van der Waals surface area contributed by atoms with Crippen molar-refractivity contribution in [3.05, 3.63) is 16.1 Å². The van der Waals surface area contributed by atoms with Crippen molar-refractivity contribution >= 4 is 11.3 Å². The van der Waals surface area contributed by atoms with Gasteiger partial charge in [-0.25, -0.2) is 4.98 Å². The molecule has 1 saturated heterocycles. The van der Waals surface area contributed by atoms with Gasteiger partial charge in [-0.1, -0.05) is 13.8 Å². The van der Waals surface area contributed by atoms with Crippen molar-refractivity contribution < 1.29 is 0 Å². The van der Waals surface area contributed by atoms with Gasteiger partial charge >= 0.3 is 0 Å². The van der Waals surface area contributed by atoms with Crippen molar-refractivity contribution in [2.75, 3.05) is 13.1 Å². The molecule has 1 N–H and O–H groups in total. The van der Waals surface area contributed by atoms with Crippen molar-refractivity contribution in [1.29, 1.82) is 0 Å². The quantitative estimate of drug-likeness (QED) is 0.909. The Morgan fingerprint density at radius 2 is 2.33 bits per heavy atom. The first-order valence-corrected chi connectivity index (χ1v) is 7.81. The lowest BCUT2D eigenvalue weighted by Gasteiger charge is -2.39. The van der Waals surface area contributed by atoms with Crippen LogP contribution in [-0.2, 0) is 6.54 Å². The number of piperazine rings is 1. The highest BCUT2D eigenvalue weighted by Gasteiger charge is 2.25. The average Bonchev–Trinajstić information content (AvgIpc) is 2.68. The largest absolute Gasteiger partial charge is 0.311 e. The summed E-state index contributed by atoms with van der Waals surface area (Å²) < 4.78 is 0. The standard InChI is InChI=1S/C14H25N3S/c1-10(2)5-13-7-17(11(3)6-15-13)8-14-9-18-12(4)16-14/h9-11,13,15H,5-8H2,1-4H3. The number of hydrogen-bond acceptors (Lipinski definition) is 4. The highest BCUT2D eigenvalue weighted by Crippen LogP contribution is 2.17. The average molecular weight is 267 g/mol. The molecule has 0 spiro atoms. The molecular weight excluding hydrogens is 242 g/mol. The van der Waals surface area contributed by atoms with Gasteiger partial charge in [-0.3, -0.25) is 4.90 Å². The van der Waals surface area contributed by atoms with Crippen molar-refractivity contribution in [2.45, 2.75) is 52.7 Å². The van der Waals surface area contributed by atoms with Crippen LogP contribution in [0.5, 0.6) is 0 Å². The molecule has 3 nitrogen and oxygen atoms in total. The van der Waals surface area contributed by atoms with Gasteiger partial charge in [0.15, 0.2) is 0 Å². The molecular formula is C14H25N3S. The van der Waals surface area contributed by atoms with Gasteiger partial charge in [-0.05, 0) is 26.2 Å². The number of rotatable bonds is 4. The number of thiazole rings is 1. The molecule has 2 unspecified atom stereocenters. The molecule has 1 aliphatic heterocycles. The maximum atomic E-state index is 4.58. The Labute approximate surface area is 115 Å². The molecule has 0 saturated carbocycles. The Bertz CT molecular complexity index is 375. The summed E-state index contributed by atoms with van der Waals surface area (Å²) in [6.07, 6.45) is 1.26. The van der Waals surface area contributed by atoms with E-state index in [4.69, 9.17) is 0 Å². The molecule has 102 valence electrons. The highest BCUT2D eigenvalue weighted by atomic mass is 32.1. The summed E-state index contributed by atoms with van der Waals surface area (Å²) in [6.45, 7) is 12.2. The zero-order valence-corrected chi connectivity index (χ0v) is 12.8. The number of aromatic nitrogens is 1. The highest BCUT2D eigenvalue weighted by molar-refractivity contribution is 7.09. The zero-order chi connectivity index (χ0) is 13.1. The van der Waals surface area contributed by atoms with Crippen molar-refractivity contribution in [2.24, 2.45) is 5.92 Å². The monoisotopic (exact) mass is 267 g/mol. The first kappa shape index (κ1) is 14.0. The second-order valence-corrected chi connectivity index (χ2v) is 6.93. The lowest BCUT2D eigenvalue weighted by Crippen LogP contribution is -2.55. The van der Waals surface area contributed by atoms with Crippen LogP contribution in [0.1, 0.15) is 37.9 Å². The number of nitrogens with zero attached hydrogens (tertiary/aromatic N) is 2. The fraction of sp³-hybridized carbons (Fsp3) is 0.786. The first-order chi connectivity index (χ1) is 8.54. The van der Waals surface area contributed by atoms with E-state index >= 15 is 0 Å². The Morgan fingerprint density at radius 3 is 2.94 bits per heavy atom. The second kappa shape index (κ2) is 6.13. The van der Waals surface area contributed by atoms with Crippen LogP contribution in [0.3, 0.4) is 0 Å². The maximum absolute atomic E-state index is 4.58. The van der Waals surface area contributed by atoms with Gasteiger partial charge in [-0.15, -0.1) is 11.3 Å². The van der Waals surface area contributed by atoms with Crippen molar-refractivity contribution in [3.8, 4) is 0 Å². The molecule has 2 atom stereocenters. The second-order valence-electron chi connectivity index (χ2n) is 5.87. The predicted octanol–water partition coefficient (Wildman–Crippen LogP) is 2.66. The summed E-state index contributed by atoms with van der Waals surface area (Å²) in [5, 5.41) is 7.03. The first-order valence-electron chi connectivity index (χ1n) is 6.93. The molecule has 2 rings (SSSR count). The van der Waals surface area contributed by atoms with Crippen LogP contribution in [0, 0.1) is 12.8 Å². The van der Waals surface area contributed by atoms with Gasteiger partial charge in [0.2, 0.25) is 0 Å². The number of nitrogens with one attached hydrogen (secondary N) is 1. The molecule has 0 radical (unpaired) electrons. The molecule has 0 amide bonds. The van der Waals surface area contributed by atoms with Crippen LogP contribution in [0.25, 0.3) is 0 Å². The topological polar surface area (TPSA) is 28.2 Å². The minimum atomic E-state index is 0.607. The Balaban J connectivity index is 1.93. The summed E-state index contributed by atoms with van der Waals surface area (Å²) in [6, 6.07) is 1.25. The van der Waals surface area contributed by atoms with Crippen LogP contribution < -0.4 is 5.32 Å². The summed E-state index contributed by atoms with van der Waals surface area (Å²) in [5.74, 6) is 0.763. The van der Waals surface area contributed by atoms with E-state index in [-0.39, 0.29) is 0 Å². The van der Waals surface area contributed by atoms with Crippen molar-refractivity contribution in [3.63, 3.8) is 0 Å². The van der Waals surface area contributed by atoms with Crippen LogP contribution in [0.4, 0.5) is 0 Å². The van der Waals surface area contributed by atoms with E-state index in [0.717, 1.165) is 25.6 Å². The molecule has 1 aromatic heterocycles. The zero-order valence-electron chi connectivity index (χ0n) is 11.9. The van der Waals surface area contributed by atoms with Gasteiger partial charge in [-0.2, -0.15) is 0 Å². The SMILES string of the molecule is Cc1nc(CN2CC(CC(C)C)NCC2C)cs1. The number of hydrogen-bond donors (Lipinski definition) is 1. The lowest BCUT2D eigenvalue weighted by molar-refractivity contribution is 0.123. The third-order valence-corrected chi connectivity index (χ3v) is 4.39. The van der Waals surface area contributed by atoms with Crippen LogP contribution in [0.15, 0.2) is 5.38 Å². The van der Waals surface area contributed by atoms with E-state index in [2.05, 4.69) is 48.3 Å². The lowest BCUT2D eigenvalue weighted by atomic mass is 10.00. The number of aryl methyl sites for hydroxylation is 1. The minimum absolute atomic E-state index is 0.607. The van der Waals surface area contributed by atoms with E-state index in [1.807, 2.05) is 0 Å². The van der Waals surface area contributed by atoms with Gasteiger partial charge < -0.3 is 5.32 Å². The van der Waals surface area contributed by atoms with E-state index < -0.39 is 0 Å². The third kappa shape index (κ3) is 3.77. The van der Waals surface area contributed by atoms with Gasteiger partial charge in [0.1, 0.15) is 0 Å². The Hall–Kier alpha value is -0.450. The predicted molar refractivity (Wildman–Crippen MR) is 78.0 cm³/mol. The Kier molecular flexibility index (Phi) is 4.76. The van der Waals surface area contributed by atoms with Crippen LogP contribution >= 0.6 is 11.3 Å². The van der Waals surface area contributed by atoms with Gasteiger partial charge in [0.05, 0.1) is 10.7 Å². The molecule has 18 heavy (non-hydrogen) atoms. The smallest absolute Gasteiger partial charge is 0.0897 e. The molecule has 1 aromatic rings. The van der Waals surface area contributed by atoms with Crippen molar-refractivity contribution in [1.82, 2.24) is 15.2 Å². The van der Waals surface area contributed by atoms with Gasteiger partial charge in [0, 0.05) is 37.1 Å². The maximum Gasteiger partial charge on any atom is 0.0897 e. The molecule has 1 aliphatic rings. The van der Waals surface area contributed by atoms with E-state index in [0.29, 0.717) is 12.1 Å². The van der Waals surface area contributed by atoms with E-state index in [9.17, 15) is 0 Å². The summed E-state index contributed by atoms with van der Waals surface area (Å²) >= 11 is 1.75. The normalized spacial score (nSPS) is 25.8. The van der Waals surface area contributed by atoms with Gasteiger partial charge in [0.25, 0.3) is 0 Å². The third-order valence-electron chi connectivity index (χ3n) is 3.57. The molecule has 0 bridgehead atoms. The fourth-order valence-electron chi connectivity index (χ4n) is 2.63. The summed E-state index contributed by atoms with van der Waals surface area (Å²) in [4.78, 5) is 7.15. The van der Waals surface area contributed by atoms with Crippen LogP contribution in [0.2, 0.25) is 0 Å². The van der Waals surface area contributed by atoms with Crippen LogP contribution in [-0.4, -0.2) is 35.1 Å². The fourth-order valence-corrected chi connectivity index (χ4v) is 3.23. The molecule has 0 aromatic carbocycles. The van der Waals surface area contributed by atoms with E-state index in [1.165, 1.54) is 17.1 Å². The van der Waals surface area contributed by atoms with E-state index in [1.54, 1.807) is 11.3 Å².